The molecule has 0 radical (unpaired) electrons. The maximum Gasteiger partial charge on any atom is 0.132 e. The fourth-order valence-corrected chi connectivity index (χ4v) is 1.85. The van der Waals surface area contributed by atoms with Gasteiger partial charge in [-0.05, 0) is 25.5 Å². The molecule has 1 aromatic rings. The maximum absolute atomic E-state index is 13.5. The highest BCUT2D eigenvalue weighted by Crippen LogP contribution is 2.28. The van der Waals surface area contributed by atoms with Crippen molar-refractivity contribution >= 4 is 5.71 Å². The predicted octanol–water partition coefficient (Wildman–Crippen LogP) is 2.20. The third kappa shape index (κ3) is 1.29. The zero-order valence-corrected chi connectivity index (χ0v) is 8.30. The molecule has 0 saturated carbocycles. The van der Waals surface area contributed by atoms with Gasteiger partial charge in [-0.3, -0.25) is 4.99 Å². The van der Waals surface area contributed by atoms with Crippen molar-refractivity contribution in [2.45, 2.75) is 13.3 Å². The van der Waals surface area contributed by atoms with Gasteiger partial charge >= 0.3 is 0 Å². The quantitative estimate of drug-likeness (QED) is 0.670. The second-order valence-electron chi connectivity index (χ2n) is 3.32. The van der Waals surface area contributed by atoms with Crippen molar-refractivity contribution in [3.05, 3.63) is 29.1 Å². The van der Waals surface area contributed by atoms with E-state index in [0.717, 1.165) is 30.0 Å². The van der Waals surface area contributed by atoms with Gasteiger partial charge in [0, 0.05) is 23.4 Å². The Morgan fingerprint density at radius 3 is 2.93 bits per heavy atom. The molecule has 1 aliphatic rings. The molecule has 1 heterocycles. The van der Waals surface area contributed by atoms with Gasteiger partial charge in [-0.15, -0.1) is 0 Å². The third-order valence-corrected chi connectivity index (χ3v) is 2.51. The van der Waals surface area contributed by atoms with Gasteiger partial charge in [0.25, 0.3) is 0 Å². The van der Waals surface area contributed by atoms with Crippen LogP contribution in [0.15, 0.2) is 17.1 Å². The highest BCUT2D eigenvalue weighted by molar-refractivity contribution is 6.01. The van der Waals surface area contributed by atoms with Crippen LogP contribution in [0.2, 0.25) is 0 Å². The van der Waals surface area contributed by atoms with Gasteiger partial charge in [-0.2, -0.15) is 0 Å². The normalized spacial score (nSPS) is 14.6. The second kappa shape index (κ2) is 3.40. The summed E-state index contributed by atoms with van der Waals surface area (Å²) in [6.07, 6.45) is 0.758. The number of aliphatic imine (C=N–C) groups is 1. The van der Waals surface area contributed by atoms with E-state index in [1.165, 1.54) is 6.07 Å². The van der Waals surface area contributed by atoms with E-state index >= 15 is 0 Å². The lowest BCUT2D eigenvalue weighted by Gasteiger charge is -2.17. The van der Waals surface area contributed by atoms with Gasteiger partial charge in [0.1, 0.15) is 11.6 Å². The van der Waals surface area contributed by atoms with E-state index in [4.69, 9.17) is 4.74 Å². The van der Waals surface area contributed by atoms with E-state index in [-0.39, 0.29) is 5.82 Å². The standard InChI is InChI=1S/C11H12FNO/c1-7-11-8(5-6-13-7)10(14-2)4-3-9(11)12/h3-4H,5-6H2,1-2H3. The molecule has 1 aromatic carbocycles. The first-order valence-electron chi connectivity index (χ1n) is 4.61. The maximum atomic E-state index is 13.5. The number of fused-ring (bicyclic) bond motifs is 1. The van der Waals surface area contributed by atoms with Crippen LogP contribution in [-0.4, -0.2) is 19.4 Å². The summed E-state index contributed by atoms with van der Waals surface area (Å²) in [5.74, 6) is 0.553. The van der Waals surface area contributed by atoms with Crippen molar-refractivity contribution in [1.82, 2.24) is 0 Å². The molecule has 0 aromatic heterocycles. The molecular weight excluding hydrogens is 181 g/mol. The number of rotatable bonds is 1. The number of halogens is 1. The average Bonchev–Trinajstić information content (AvgIpc) is 2.18. The molecule has 14 heavy (non-hydrogen) atoms. The van der Waals surface area contributed by atoms with Gasteiger partial charge in [0.2, 0.25) is 0 Å². The van der Waals surface area contributed by atoms with Crippen LogP contribution in [0.3, 0.4) is 0 Å². The number of benzene rings is 1. The first-order chi connectivity index (χ1) is 6.74. The molecule has 0 atom stereocenters. The van der Waals surface area contributed by atoms with Gasteiger partial charge in [0.15, 0.2) is 0 Å². The zero-order valence-electron chi connectivity index (χ0n) is 8.30. The van der Waals surface area contributed by atoms with Crippen LogP contribution in [0.1, 0.15) is 18.1 Å². The lowest BCUT2D eigenvalue weighted by Crippen LogP contribution is -2.13. The molecule has 74 valence electrons. The van der Waals surface area contributed by atoms with E-state index in [1.54, 1.807) is 13.2 Å². The number of ether oxygens (including phenoxy) is 1. The van der Waals surface area contributed by atoms with Gasteiger partial charge in [-0.25, -0.2) is 4.39 Å². The Balaban J connectivity index is 2.66. The number of hydrogen-bond donors (Lipinski definition) is 0. The van der Waals surface area contributed by atoms with Crippen molar-refractivity contribution in [3.63, 3.8) is 0 Å². The van der Waals surface area contributed by atoms with Gasteiger partial charge < -0.3 is 4.74 Å². The average molecular weight is 193 g/mol. The fraction of sp³-hybridized carbons (Fsp3) is 0.364. The van der Waals surface area contributed by atoms with Crippen LogP contribution in [0.25, 0.3) is 0 Å². The van der Waals surface area contributed by atoms with Crippen molar-refractivity contribution in [2.24, 2.45) is 4.99 Å². The molecule has 0 spiro atoms. The lowest BCUT2D eigenvalue weighted by molar-refractivity contribution is 0.408. The summed E-state index contributed by atoms with van der Waals surface area (Å²) in [5, 5.41) is 0. The predicted molar refractivity (Wildman–Crippen MR) is 53.7 cm³/mol. The smallest absolute Gasteiger partial charge is 0.132 e. The Morgan fingerprint density at radius 2 is 2.21 bits per heavy atom. The van der Waals surface area contributed by atoms with Crippen molar-refractivity contribution in [2.75, 3.05) is 13.7 Å². The van der Waals surface area contributed by atoms with E-state index in [9.17, 15) is 4.39 Å². The minimum absolute atomic E-state index is 0.207. The van der Waals surface area contributed by atoms with Crippen molar-refractivity contribution in [1.29, 1.82) is 0 Å². The number of nitrogens with zero attached hydrogens (tertiary/aromatic N) is 1. The van der Waals surface area contributed by atoms with E-state index < -0.39 is 0 Å². The molecular formula is C11H12FNO. The van der Waals surface area contributed by atoms with Crippen LogP contribution in [0, 0.1) is 5.82 Å². The number of hydrogen-bond acceptors (Lipinski definition) is 2. The summed E-state index contributed by atoms with van der Waals surface area (Å²) in [4.78, 5) is 4.23. The van der Waals surface area contributed by atoms with Crippen LogP contribution >= 0.6 is 0 Å². The molecule has 2 nitrogen and oxygen atoms in total. The molecule has 0 fully saturated rings. The Kier molecular flexibility index (Phi) is 2.23. The molecule has 2 rings (SSSR count). The number of methoxy groups -OCH3 is 1. The summed E-state index contributed by atoms with van der Waals surface area (Å²) in [6.45, 7) is 2.55. The Bertz CT molecular complexity index is 399. The summed E-state index contributed by atoms with van der Waals surface area (Å²) in [5.41, 5.74) is 2.33. The van der Waals surface area contributed by atoms with E-state index in [0.29, 0.717) is 5.56 Å². The lowest BCUT2D eigenvalue weighted by atomic mass is 9.97. The highest BCUT2D eigenvalue weighted by Gasteiger charge is 2.18. The summed E-state index contributed by atoms with van der Waals surface area (Å²) in [7, 11) is 1.61. The molecule has 0 N–H and O–H groups in total. The highest BCUT2D eigenvalue weighted by atomic mass is 19.1. The minimum Gasteiger partial charge on any atom is -0.496 e. The Hall–Kier alpha value is -1.38. The van der Waals surface area contributed by atoms with E-state index in [2.05, 4.69) is 4.99 Å². The molecule has 0 bridgehead atoms. The molecule has 3 heteroatoms. The van der Waals surface area contributed by atoms with Crippen LogP contribution in [0.4, 0.5) is 4.39 Å². The SMILES string of the molecule is COc1ccc(F)c2c1CCN=C2C. The molecule has 1 aliphatic heterocycles. The van der Waals surface area contributed by atoms with Crippen LogP contribution < -0.4 is 4.74 Å². The van der Waals surface area contributed by atoms with Gasteiger partial charge in [-0.1, -0.05) is 0 Å². The largest absolute Gasteiger partial charge is 0.496 e. The fourth-order valence-electron chi connectivity index (χ4n) is 1.85. The molecule has 0 aliphatic carbocycles. The summed E-state index contributed by atoms with van der Waals surface area (Å²) in [6, 6.07) is 3.11. The molecule has 0 saturated heterocycles. The topological polar surface area (TPSA) is 21.6 Å². The van der Waals surface area contributed by atoms with Crippen LogP contribution in [-0.2, 0) is 6.42 Å². The van der Waals surface area contributed by atoms with Crippen molar-refractivity contribution in [3.8, 4) is 5.75 Å². The minimum atomic E-state index is -0.207. The van der Waals surface area contributed by atoms with Crippen LogP contribution in [0.5, 0.6) is 5.75 Å². The van der Waals surface area contributed by atoms with Crippen molar-refractivity contribution < 1.29 is 9.13 Å². The molecule has 0 amide bonds. The summed E-state index contributed by atoms with van der Waals surface area (Å²) >= 11 is 0. The third-order valence-electron chi connectivity index (χ3n) is 2.51. The Labute approximate surface area is 82.4 Å². The summed E-state index contributed by atoms with van der Waals surface area (Å²) < 4.78 is 18.7. The second-order valence-corrected chi connectivity index (χ2v) is 3.32. The zero-order chi connectivity index (χ0) is 10.1. The first-order valence-corrected chi connectivity index (χ1v) is 4.61. The molecule has 0 unspecified atom stereocenters. The van der Waals surface area contributed by atoms with Gasteiger partial charge in [0.05, 0.1) is 7.11 Å². The first kappa shape index (κ1) is 9.19. The monoisotopic (exact) mass is 193 g/mol. The van der Waals surface area contributed by atoms with E-state index in [1.807, 2.05) is 6.92 Å². The Morgan fingerprint density at radius 1 is 1.43 bits per heavy atom.